The number of phenols is 2. The Labute approximate surface area is 277 Å². The van der Waals surface area contributed by atoms with Crippen LogP contribution in [0.4, 0.5) is 0 Å². The van der Waals surface area contributed by atoms with Gasteiger partial charge in [-0.2, -0.15) is 0 Å². The summed E-state index contributed by atoms with van der Waals surface area (Å²) in [6.45, 7) is 4.06. The zero-order valence-corrected chi connectivity index (χ0v) is 26.5. The number of aromatic hydroxyl groups is 2. The third-order valence-corrected chi connectivity index (χ3v) is 10.8. The van der Waals surface area contributed by atoms with E-state index in [9.17, 15) is 10.2 Å². The molecule has 0 amide bonds. The molecule has 4 nitrogen and oxygen atoms in total. The van der Waals surface area contributed by atoms with E-state index < -0.39 is 5.41 Å². The number of para-hydroxylation sites is 2. The van der Waals surface area contributed by atoms with Crippen molar-refractivity contribution in [3.8, 4) is 34.5 Å². The van der Waals surface area contributed by atoms with Gasteiger partial charge in [0, 0.05) is 49.4 Å². The molecule has 0 atom stereocenters. The zero-order chi connectivity index (χ0) is 32.3. The molecule has 0 unspecified atom stereocenters. The normalized spacial score (nSPS) is 14.0. The largest absolute Gasteiger partial charge is 0.507 e. The molecule has 0 radical (unpaired) electrons. The summed E-state index contributed by atoms with van der Waals surface area (Å²) in [4.78, 5) is 0. The van der Waals surface area contributed by atoms with Crippen LogP contribution < -0.4 is 9.47 Å². The van der Waals surface area contributed by atoms with Gasteiger partial charge in [0.1, 0.15) is 34.5 Å². The van der Waals surface area contributed by atoms with Crippen LogP contribution in [-0.4, -0.2) is 10.2 Å². The van der Waals surface area contributed by atoms with Crippen molar-refractivity contribution in [1.82, 2.24) is 0 Å². The maximum Gasteiger partial charge on any atom is 0.140 e. The molecular weight excluding hydrogens is 592 g/mol. The molecule has 0 saturated carbocycles. The first-order valence-corrected chi connectivity index (χ1v) is 16.5. The molecule has 0 aromatic heterocycles. The predicted octanol–water partition coefficient (Wildman–Crippen LogP) is 11.2. The van der Waals surface area contributed by atoms with E-state index in [0.717, 1.165) is 99.5 Å². The third-order valence-electron chi connectivity index (χ3n) is 10.8. The molecule has 0 bridgehead atoms. The Balaban J connectivity index is 1.50. The number of ether oxygens (including phenoxy) is 2. The molecule has 1 spiro atoms. The second kappa shape index (κ2) is 9.52. The fourth-order valence-corrected chi connectivity index (χ4v) is 8.68. The quantitative estimate of drug-likeness (QED) is 0.179. The van der Waals surface area contributed by atoms with Gasteiger partial charge >= 0.3 is 0 Å². The van der Waals surface area contributed by atoms with Crippen molar-refractivity contribution in [2.45, 2.75) is 25.7 Å². The second-order valence-corrected chi connectivity index (χ2v) is 12.9. The molecule has 48 heavy (non-hydrogen) atoms. The summed E-state index contributed by atoms with van der Waals surface area (Å²) in [5.74, 6) is 3.72. The summed E-state index contributed by atoms with van der Waals surface area (Å²) in [7, 11) is 0. The molecule has 8 aromatic carbocycles. The van der Waals surface area contributed by atoms with Gasteiger partial charge < -0.3 is 19.7 Å². The van der Waals surface area contributed by atoms with Crippen LogP contribution in [-0.2, 0) is 11.8 Å². The molecule has 2 heterocycles. The first kappa shape index (κ1) is 27.1. The van der Waals surface area contributed by atoms with Crippen molar-refractivity contribution < 1.29 is 19.7 Å². The fourth-order valence-electron chi connectivity index (χ4n) is 8.68. The highest BCUT2D eigenvalue weighted by molar-refractivity contribution is 6.18. The van der Waals surface area contributed by atoms with E-state index >= 15 is 0 Å². The number of hydrogen-bond acceptors (Lipinski definition) is 4. The Morgan fingerprint density at radius 2 is 0.958 bits per heavy atom. The van der Waals surface area contributed by atoms with Crippen LogP contribution in [0, 0.1) is 6.92 Å². The van der Waals surface area contributed by atoms with Crippen LogP contribution in [0.15, 0.2) is 121 Å². The monoisotopic (exact) mass is 622 g/mol. The van der Waals surface area contributed by atoms with Crippen molar-refractivity contribution in [3.63, 3.8) is 0 Å². The summed E-state index contributed by atoms with van der Waals surface area (Å²) in [5, 5.41) is 30.2. The van der Waals surface area contributed by atoms with Gasteiger partial charge in [0.2, 0.25) is 0 Å². The fraction of sp³-hybridized carbons (Fsp3) is 0.0909. The summed E-state index contributed by atoms with van der Waals surface area (Å²) in [6, 6.07) is 41.4. The van der Waals surface area contributed by atoms with Crippen molar-refractivity contribution >= 4 is 43.1 Å². The minimum absolute atomic E-state index is 0.283. The molecule has 0 fully saturated rings. The minimum atomic E-state index is -0.797. The molecule has 2 aliphatic heterocycles. The summed E-state index contributed by atoms with van der Waals surface area (Å²) >= 11 is 0. The van der Waals surface area contributed by atoms with Crippen LogP contribution in [0.1, 0.15) is 40.3 Å². The molecule has 0 aliphatic carbocycles. The molecule has 10 rings (SSSR count). The Morgan fingerprint density at radius 1 is 0.479 bits per heavy atom. The van der Waals surface area contributed by atoms with Gasteiger partial charge in [0.25, 0.3) is 0 Å². The summed E-state index contributed by atoms with van der Waals surface area (Å²) < 4.78 is 14.0. The lowest BCUT2D eigenvalue weighted by Crippen LogP contribution is -2.37. The first-order chi connectivity index (χ1) is 23.5. The van der Waals surface area contributed by atoms with E-state index in [2.05, 4.69) is 67.6 Å². The van der Waals surface area contributed by atoms with Crippen LogP contribution in [0.3, 0.4) is 0 Å². The third kappa shape index (κ3) is 3.19. The summed E-state index contributed by atoms with van der Waals surface area (Å²) in [6.07, 6.45) is 0.666. The molecule has 2 aliphatic rings. The highest BCUT2D eigenvalue weighted by Gasteiger charge is 2.51. The van der Waals surface area contributed by atoms with Gasteiger partial charge in [0.15, 0.2) is 0 Å². The van der Waals surface area contributed by atoms with Crippen LogP contribution in [0.25, 0.3) is 43.1 Å². The van der Waals surface area contributed by atoms with Gasteiger partial charge in [-0.05, 0) is 52.6 Å². The number of aryl methyl sites for hydroxylation is 2. The molecule has 2 N–H and O–H groups in total. The Morgan fingerprint density at radius 3 is 1.54 bits per heavy atom. The SMILES string of the molecule is CCc1c(O)c2ccccc2c2c3c(ccc12)C1(c2ccccc2Oc2ccccc21)c1ccc2c(C)c(O)c4ccccc4c2c1O3. The second-order valence-electron chi connectivity index (χ2n) is 12.9. The highest BCUT2D eigenvalue weighted by atomic mass is 16.5. The van der Waals surface area contributed by atoms with Crippen molar-refractivity contribution in [2.24, 2.45) is 0 Å². The number of phenolic OH excluding ortho intramolecular Hbond substituents is 2. The van der Waals surface area contributed by atoms with Gasteiger partial charge in [-0.3, -0.25) is 0 Å². The van der Waals surface area contributed by atoms with E-state index in [1.165, 1.54) is 0 Å². The van der Waals surface area contributed by atoms with Crippen LogP contribution in [0.5, 0.6) is 34.5 Å². The van der Waals surface area contributed by atoms with E-state index in [-0.39, 0.29) is 5.75 Å². The van der Waals surface area contributed by atoms with Crippen LogP contribution in [0.2, 0.25) is 0 Å². The molecule has 4 heteroatoms. The Kier molecular flexibility index (Phi) is 5.38. The van der Waals surface area contributed by atoms with Crippen molar-refractivity contribution in [3.05, 3.63) is 155 Å². The first-order valence-electron chi connectivity index (χ1n) is 16.5. The van der Waals surface area contributed by atoms with E-state index in [1.54, 1.807) is 0 Å². The molecule has 230 valence electrons. The van der Waals surface area contributed by atoms with E-state index in [0.29, 0.717) is 12.2 Å². The highest BCUT2D eigenvalue weighted by Crippen LogP contribution is 2.64. The lowest BCUT2D eigenvalue weighted by atomic mass is 9.61. The van der Waals surface area contributed by atoms with Crippen molar-refractivity contribution in [1.29, 1.82) is 0 Å². The summed E-state index contributed by atoms with van der Waals surface area (Å²) in [5.41, 5.74) is 5.01. The van der Waals surface area contributed by atoms with E-state index in [4.69, 9.17) is 9.47 Å². The van der Waals surface area contributed by atoms with Gasteiger partial charge in [0.05, 0.1) is 5.41 Å². The Bertz CT molecular complexity index is 2660. The number of hydrogen-bond donors (Lipinski definition) is 2. The van der Waals surface area contributed by atoms with Crippen molar-refractivity contribution in [2.75, 3.05) is 0 Å². The average Bonchev–Trinajstić information content (AvgIpc) is 3.13. The van der Waals surface area contributed by atoms with Gasteiger partial charge in [-0.1, -0.05) is 116 Å². The maximum atomic E-state index is 11.5. The molecular formula is C44H30O4. The zero-order valence-electron chi connectivity index (χ0n) is 26.5. The lowest BCUT2D eigenvalue weighted by Gasteiger charge is -2.45. The predicted molar refractivity (Wildman–Crippen MR) is 192 cm³/mol. The topological polar surface area (TPSA) is 58.9 Å². The number of rotatable bonds is 1. The van der Waals surface area contributed by atoms with E-state index in [1.807, 2.05) is 67.6 Å². The minimum Gasteiger partial charge on any atom is -0.507 e. The number of fused-ring (bicyclic) bond motifs is 16. The molecule has 8 aromatic rings. The van der Waals surface area contributed by atoms with Gasteiger partial charge in [-0.15, -0.1) is 0 Å². The standard InChI is InChI=1S/C44H30O4/c1-3-25-29-21-23-35-43(39(29)28-13-5-7-15-31(28)41(25)46)48-42-34(22-20-26-24(2)40(45)30-14-6-4-12-27(30)38(26)42)44(35)32-16-8-10-18-36(32)47-37-19-11-9-17-33(37)44/h4-23,45-46H,3H2,1-2H3. The molecule has 0 saturated heterocycles. The number of benzene rings is 8. The lowest BCUT2D eigenvalue weighted by molar-refractivity contribution is 0.404. The van der Waals surface area contributed by atoms with Gasteiger partial charge in [-0.25, -0.2) is 0 Å². The average molecular weight is 623 g/mol. The van der Waals surface area contributed by atoms with Crippen LogP contribution >= 0.6 is 0 Å². The maximum absolute atomic E-state index is 11.5. The smallest absolute Gasteiger partial charge is 0.140 e. The Hall–Kier alpha value is -6.00.